The third-order valence-electron chi connectivity index (χ3n) is 3.87. The molecule has 7 heteroatoms. The predicted octanol–water partition coefficient (Wildman–Crippen LogP) is 3.57. The lowest BCUT2D eigenvalue weighted by atomic mass is 10.1. The minimum absolute atomic E-state index is 0.0783. The first-order valence-corrected chi connectivity index (χ1v) is 9.25. The van der Waals surface area contributed by atoms with Crippen molar-refractivity contribution in [3.8, 4) is 11.4 Å². The topological polar surface area (TPSA) is 69.0 Å². The number of benzene rings is 2. The predicted molar refractivity (Wildman–Crippen MR) is 103 cm³/mol. The highest BCUT2D eigenvalue weighted by atomic mass is 32.2. The molecule has 0 saturated carbocycles. The van der Waals surface area contributed by atoms with E-state index < -0.39 is 0 Å². The molecule has 0 aliphatic rings. The molecule has 0 radical (unpaired) electrons. The molecule has 0 unspecified atom stereocenters. The Morgan fingerprint density at radius 3 is 2.77 bits per heavy atom. The molecule has 6 nitrogen and oxygen atoms in total. The molecule has 3 rings (SSSR count). The number of hydrogen-bond acceptors (Lipinski definition) is 5. The van der Waals surface area contributed by atoms with E-state index in [9.17, 15) is 4.79 Å². The molecule has 2 aromatic carbocycles. The maximum absolute atomic E-state index is 12.3. The lowest BCUT2D eigenvalue weighted by Crippen LogP contribution is -2.15. The zero-order valence-electron chi connectivity index (χ0n) is 14.7. The summed E-state index contributed by atoms with van der Waals surface area (Å²) in [7, 11) is 1.62. The van der Waals surface area contributed by atoms with E-state index in [1.807, 2.05) is 53.1 Å². The average Bonchev–Trinajstić information content (AvgIpc) is 3.15. The monoisotopic (exact) mass is 368 g/mol. The highest BCUT2D eigenvalue weighted by Gasteiger charge is 2.13. The Bertz CT molecular complexity index is 895. The summed E-state index contributed by atoms with van der Waals surface area (Å²) in [5.41, 5.74) is 2.80. The van der Waals surface area contributed by atoms with E-state index in [4.69, 9.17) is 4.74 Å². The van der Waals surface area contributed by atoms with Gasteiger partial charge in [-0.05, 0) is 30.2 Å². The molecular weight excluding hydrogens is 348 g/mol. The van der Waals surface area contributed by atoms with Gasteiger partial charge in [-0.2, -0.15) is 0 Å². The van der Waals surface area contributed by atoms with E-state index in [0.29, 0.717) is 5.16 Å². The molecule has 1 aromatic heterocycles. The van der Waals surface area contributed by atoms with Crippen molar-refractivity contribution < 1.29 is 9.53 Å². The Kier molecular flexibility index (Phi) is 5.91. The molecule has 0 atom stereocenters. The van der Waals surface area contributed by atoms with E-state index in [2.05, 4.69) is 22.4 Å². The highest BCUT2D eigenvalue weighted by Crippen LogP contribution is 2.26. The smallest absolute Gasteiger partial charge is 0.234 e. The van der Waals surface area contributed by atoms with Crippen LogP contribution in [-0.4, -0.2) is 33.5 Å². The largest absolute Gasteiger partial charge is 0.495 e. The molecule has 0 fully saturated rings. The molecule has 134 valence electrons. The number of ether oxygens (including phenoxy) is 1. The molecule has 3 aromatic rings. The Labute approximate surface area is 156 Å². The number of hydrogen-bond donors (Lipinski definition) is 1. The maximum atomic E-state index is 12.3. The zero-order valence-corrected chi connectivity index (χ0v) is 15.5. The molecule has 1 amide bonds. The van der Waals surface area contributed by atoms with Crippen molar-refractivity contribution in [1.82, 2.24) is 14.8 Å². The normalized spacial score (nSPS) is 10.5. The van der Waals surface area contributed by atoms with Crippen molar-refractivity contribution in [3.05, 3.63) is 60.4 Å². The van der Waals surface area contributed by atoms with Gasteiger partial charge in [-0.1, -0.05) is 49.0 Å². The SMILES string of the molecule is CCc1ccccc1NC(=O)CSc1nncn1-c1ccccc1OC. The summed E-state index contributed by atoms with van der Waals surface area (Å²) in [6.45, 7) is 2.06. The van der Waals surface area contributed by atoms with Crippen molar-refractivity contribution in [2.75, 3.05) is 18.2 Å². The van der Waals surface area contributed by atoms with Crippen molar-refractivity contribution in [1.29, 1.82) is 0 Å². The van der Waals surface area contributed by atoms with E-state index in [-0.39, 0.29) is 11.7 Å². The van der Waals surface area contributed by atoms with Crippen LogP contribution < -0.4 is 10.1 Å². The number of carbonyl (C=O) groups excluding carboxylic acids is 1. The van der Waals surface area contributed by atoms with E-state index in [1.54, 1.807) is 13.4 Å². The van der Waals surface area contributed by atoms with Gasteiger partial charge >= 0.3 is 0 Å². The molecule has 1 N–H and O–H groups in total. The van der Waals surface area contributed by atoms with Crippen LogP contribution >= 0.6 is 11.8 Å². The fraction of sp³-hybridized carbons (Fsp3) is 0.211. The minimum atomic E-state index is -0.0783. The van der Waals surface area contributed by atoms with Gasteiger partial charge in [0.1, 0.15) is 12.1 Å². The quantitative estimate of drug-likeness (QED) is 0.646. The summed E-state index contributed by atoms with van der Waals surface area (Å²) in [4.78, 5) is 12.3. The van der Waals surface area contributed by atoms with Crippen molar-refractivity contribution in [2.24, 2.45) is 0 Å². The number of nitrogens with zero attached hydrogens (tertiary/aromatic N) is 3. The maximum Gasteiger partial charge on any atom is 0.234 e. The van der Waals surface area contributed by atoms with Crippen molar-refractivity contribution in [2.45, 2.75) is 18.5 Å². The molecule has 0 bridgehead atoms. The van der Waals surface area contributed by atoms with Gasteiger partial charge in [0.2, 0.25) is 5.91 Å². The van der Waals surface area contributed by atoms with Crippen LogP contribution in [0.15, 0.2) is 60.0 Å². The van der Waals surface area contributed by atoms with Crippen LogP contribution in [-0.2, 0) is 11.2 Å². The van der Waals surface area contributed by atoms with E-state index in [0.717, 1.165) is 29.1 Å². The van der Waals surface area contributed by atoms with Gasteiger partial charge in [-0.25, -0.2) is 0 Å². The van der Waals surface area contributed by atoms with Gasteiger partial charge in [-0.3, -0.25) is 9.36 Å². The second-order valence-corrected chi connectivity index (χ2v) is 6.45. The van der Waals surface area contributed by atoms with Gasteiger partial charge in [-0.15, -0.1) is 10.2 Å². The number of nitrogens with one attached hydrogen (secondary N) is 1. The van der Waals surface area contributed by atoms with Gasteiger partial charge in [0, 0.05) is 5.69 Å². The number of aromatic nitrogens is 3. The van der Waals surface area contributed by atoms with Crippen LogP contribution in [0.5, 0.6) is 5.75 Å². The Balaban J connectivity index is 1.69. The minimum Gasteiger partial charge on any atom is -0.495 e. The third kappa shape index (κ3) is 4.05. The Hall–Kier alpha value is -2.80. The molecule has 0 spiro atoms. The first-order valence-electron chi connectivity index (χ1n) is 8.27. The van der Waals surface area contributed by atoms with Gasteiger partial charge < -0.3 is 10.1 Å². The summed E-state index contributed by atoms with van der Waals surface area (Å²) < 4.78 is 7.21. The van der Waals surface area contributed by atoms with E-state index >= 15 is 0 Å². The Morgan fingerprint density at radius 2 is 1.96 bits per heavy atom. The number of amides is 1. The summed E-state index contributed by atoms with van der Waals surface area (Å²) >= 11 is 1.33. The van der Waals surface area contributed by atoms with Crippen LogP contribution in [0.4, 0.5) is 5.69 Å². The fourth-order valence-corrected chi connectivity index (χ4v) is 3.31. The Morgan fingerprint density at radius 1 is 1.19 bits per heavy atom. The van der Waals surface area contributed by atoms with Gasteiger partial charge in [0.25, 0.3) is 0 Å². The molecule has 0 aliphatic carbocycles. The summed E-state index contributed by atoms with van der Waals surface area (Å²) in [6, 6.07) is 15.4. The third-order valence-corrected chi connectivity index (χ3v) is 4.81. The van der Waals surface area contributed by atoms with E-state index in [1.165, 1.54) is 11.8 Å². The lowest BCUT2D eigenvalue weighted by Gasteiger charge is -2.11. The van der Waals surface area contributed by atoms with Crippen LogP contribution in [0.1, 0.15) is 12.5 Å². The number of para-hydroxylation sites is 3. The van der Waals surface area contributed by atoms with Gasteiger partial charge in [0.15, 0.2) is 5.16 Å². The second kappa shape index (κ2) is 8.53. The van der Waals surface area contributed by atoms with Crippen LogP contribution in [0.25, 0.3) is 5.69 Å². The molecule has 0 saturated heterocycles. The number of rotatable bonds is 7. The second-order valence-electron chi connectivity index (χ2n) is 5.50. The average molecular weight is 368 g/mol. The summed E-state index contributed by atoms with van der Waals surface area (Å²) in [5, 5.41) is 11.7. The first kappa shape index (κ1) is 18.0. The van der Waals surface area contributed by atoms with Crippen LogP contribution in [0, 0.1) is 0 Å². The molecule has 0 aliphatic heterocycles. The fourth-order valence-electron chi connectivity index (χ4n) is 2.58. The first-order chi connectivity index (χ1) is 12.7. The lowest BCUT2D eigenvalue weighted by molar-refractivity contribution is -0.113. The van der Waals surface area contributed by atoms with Gasteiger partial charge in [0.05, 0.1) is 18.6 Å². The molecule has 26 heavy (non-hydrogen) atoms. The summed E-state index contributed by atoms with van der Waals surface area (Å²) in [5.74, 6) is 0.882. The molecular formula is C19H20N4O2S. The standard InChI is InChI=1S/C19H20N4O2S/c1-3-14-8-4-5-9-15(14)21-18(24)12-26-19-22-20-13-23(19)16-10-6-7-11-17(16)25-2/h4-11,13H,3,12H2,1-2H3,(H,21,24). The highest BCUT2D eigenvalue weighted by molar-refractivity contribution is 7.99. The van der Waals surface area contributed by atoms with Crippen molar-refractivity contribution >= 4 is 23.4 Å². The molecule has 1 heterocycles. The van der Waals surface area contributed by atoms with Crippen LogP contribution in [0.2, 0.25) is 0 Å². The zero-order chi connectivity index (χ0) is 18.4. The number of methoxy groups -OCH3 is 1. The number of aryl methyl sites for hydroxylation is 1. The summed E-state index contributed by atoms with van der Waals surface area (Å²) in [6.07, 6.45) is 2.48. The number of carbonyl (C=O) groups is 1. The van der Waals surface area contributed by atoms with Crippen molar-refractivity contribution in [3.63, 3.8) is 0 Å². The number of thioether (sulfide) groups is 1. The number of anilines is 1. The van der Waals surface area contributed by atoms with Crippen LogP contribution in [0.3, 0.4) is 0 Å².